The van der Waals surface area contributed by atoms with Crippen LogP contribution in [0.2, 0.25) is 5.02 Å². The smallest absolute Gasteiger partial charge is 0.251 e. The van der Waals surface area contributed by atoms with E-state index >= 15 is 0 Å². The molecule has 2 rings (SSSR count). The number of ether oxygens (including phenoxy) is 1. The van der Waals surface area contributed by atoms with Crippen LogP contribution in [0, 0.1) is 6.92 Å². The van der Waals surface area contributed by atoms with Crippen molar-refractivity contribution in [3.05, 3.63) is 58.6 Å². The molecule has 0 aliphatic carbocycles. The molecule has 0 spiro atoms. The van der Waals surface area contributed by atoms with E-state index in [1.165, 1.54) is 0 Å². The first-order valence-corrected chi connectivity index (χ1v) is 7.18. The van der Waals surface area contributed by atoms with Gasteiger partial charge in [-0.1, -0.05) is 17.7 Å². The van der Waals surface area contributed by atoms with Crippen LogP contribution in [0.25, 0.3) is 0 Å². The van der Waals surface area contributed by atoms with Crippen molar-refractivity contribution < 1.29 is 9.53 Å². The summed E-state index contributed by atoms with van der Waals surface area (Å²) in [6.45, 7) is 5.77. The van der Waals surface area contributed by atoms with Crippen molar-refractivity contribution >= 4 is 17.5 Å². The van der Waals surface area contributed by atoms with Crippen LogP contribution in [0.15, 0.2) is 42.5 Å². The first kappa shape index (κ1) is 15.4. The second-order valence-corrected chi connectivity index (χ2v) is 5.58. The number of nitrogens with one attached hydrogen (secondary N) is 1. The molecule has 0 radical (unpaired) electrons. The average Bonchev–Trinajstić information content (AvgIpc) is 2.42. The summed E-state index contributed by atoms with van der Waals surface area (Å²) in [7, 11) is 0. The third kappa shape index (κ3) is 4.23. The van der Waals surface area contributed by atoms with E-state index in [0.29, 0.717) is 22.1 Å². The Kier molecular flexibility index (Phi) is 4.86. The minimum atomic E-state index is -0.109. The van der Waals surface area contributed by atoms with E-state index in [4.69, 9.17) is 16.3 Å². The second-order valence-electron chi connectivity index (χ2n) is 5.17. The molecule has 4 heteroatoms. The van der Waals surface area contributed by atoms with Crippen LogP contribution in [-0.4, -0.2) is 11.9 Å². The molecule has 0 unspecified atom stereocenters. The Morgan fingerprint density at radius 2 is 1.86 bits per heavy atom. The van der Waals surface area contributed by atoms with Gasteiger partial charge in [-0.3, -0.25) is 4.79 Å². The van der Waals surface area contributed by atoms with E-state index in [9.17, 15) is 4.79 Å². The Labute approximate surface area is 129 Å². The van der Waals surface area contributed by atoms with Crippen molar-refractivity contribution in [3.8, 4) is 11.5 Å². The highest BCUT2D eigenvalue weighted by molar-refractivity contribution is 6.31. The van der Waals surface area contributed by atoms with Gasteiger partial charge in [0.25, 0.3) is 5.91 Å². The fraction of sp³-hybridized carbons (Fsp3) is 0.235. The van der Waals surface area contributed by atoms with Crippen molar-refractivity contribution in [1.82, 2.24) is 5.32 Å². The lowest BCUT2D eigenvalue weighted by atomic mass is 10.2. The molecule has 1 amide bonds. The maximum atomic E-state index is 12.0. The molecule has 0 saturated carbocycles. The lowest BCUT2D eigenvalue weighted by Gasteiger charge is -2.11. The Morgan fingerprint density at radius 3 is 2.52 bits per heavy atom. The molecule has 21 heavy (non-hydrogen) atoms. The Morgan fingerprint density at radius 1 is 1.14 bits per heavy atom. The van der Waals surface area contributed by atoms with Gasteiger partial charge < -0.3 is 10.1 Å². The van der Waals surface area contributed by atoms with Gasteiger partial charge in [-0.2, -0.15) is 0 Å². The molecule has 0 saturated heterocycles. The lowest BCUT2D eigenvalue weighted by molar-refractivity contribution is 0.0943. The van der Waals surface area contributed by atoms with E-state index in [0.717, 1.165) is 5.56 Å². The summed E-state index contributed by atoms with van der Waals surface area (Å²) in [6.07, 6.45) is 0. The first-order valence-electron chi connectivity index (χ1n) is 6.80. The summed E-state index contributed by atoms with van der Waals surface area (Å²) in [5.74, 6) is 1.20. The molecule has 0 aromatic heterocycles. The van der Waals surface area contributed by atoms with Crippen LogP contribution in [0.3, 0.4) is 0 Å². The molecule has 3 nitrogen and oxygen atoms in total. The van der Waals surface area contributed by atoms with E-state index in [2.05, 4.69) is 5.32 Å². The summed E-state index contributed by atoms with van der Waals surface area (Å²) >= 11 is 5.99. The number of aryl methyl sites for hydroxylation is 1. The number of halogens is 1. The maximum absolute atomic E-state index is 12.0. The van der Waals surface area contributed by atoms with Crippen molar-refractivity contribution in [2.24, 2.45) is 0 Å². The number of hydrogen-bond acceptors (Lipinski definition) is 2. The molecule has 0 heterocycles. The predicted octanol–water partition coefficient (Wildman–Crippen LogP) is 4.58. The summed E-state index contributed by atoms with van der Waals surface area (Å²) in [6, 6.07) is 12.7. The number of hydrogen-bond donors (Lipinski definition) is 1. The minimum absolute atomic E-state index is 0.0981. The Balaban J connectivity index is 2.17. The van der Waals surface area contributed by atoms with Crippen molar-refractivity contribution in [2.75, 3.05) is 0 Å². The van der Waals surface area contributed by atoms with Gasteiger partial charge in [0, 0.05) is 16.6 Å². The number of amides is 1. The largest absolute Gasteiger partial charge is 0.457 e. The zero-order valence-corrected chi connectivity index (χ0v) is 13.1. The van der Waals surface area contributed by atoms with Gasteiger partial charge >= 0.3 is 0 Å². The van der Waals surface area contributed by atoms with Crippen molar-refractivity contribution in [1.29, 1.82) is 0 Å². The molecule has 2 aromatic rings. The van der Waals surface area contributed by atoms with Gasteiger partial charge in [0.1, 0.15) is 11.5 Å². The highest BCUT2D eigenvalue weighted by Gasteiger charge is 2.08. The quantitative estimate of drug-likeness (QED) is 0.898. The normalized spacial score (nSPS) is 10.5. The zero-order valence-electron chi connectivity index (χ0n) is 12.3. The molecule has 0 fully saturated rings. The number of carbonyl (C=O) groups is 1. The number of carbonyl (C=O) groups excluding carboxylic acids is 1. The molecule has 0 aliphatic heterocycles. The Hall–Kier alpha value is -2.00. The summed E-state index contributed by atoms with van der Waals surface area (Å²) < 4.78 is 5.77. The third-order valence-electron chi connectivity index (χ3n) is 2.88. The highest BCUT2D eigenvalue weighted by atomic mass is 35.5. The molecule has 110 valence electrons. The van der Waals surface area contributed by atoms with Crippen LogP contribution in [0.1, 0.15) is 29.8 Å². The van der Waals surface area contributed by atoms with Gasteiger partial charge in [-0.25, -0.2) is 0 Å². The lowest BCUT2D eigenvalue weighted by Crippen LogP contribution is -2.29. The van der Waals surface area contributed by atoms with E-state index in [1.807, 2.05) is 32.9 Å². The molecular weight excluding hydrogens is 286 g/mol. The molecular formula is C17H18ClNO2. The monoisotopic (exact) mass is 303 g/mol. The van der Waals surface area contributed by atoms with Gasteiger partial charge in [-0.05, 0) is 62.7 Å². The summed E-state index contributed by atoms with van der Waals surface area (Å²) in [5.41, 5.74) is 1.52. The van der Waals surface area contributed by atoms with Crippen LogP contribution in [0.5, 0.6) is 11.5 Å². The Bertz CT molecular complexity index is 653. The fourth-order valence-electron chi connectivity index (χ4n) is 1.86. The highest BCUT2D eigenvalue weighted by Crippen LogP contribution is 2.26. The van der Waals surface area contributed by atoms with Crippen LogP contribution >= 0.6 is 11.6 Å². The van der Waals surface area contributed by atoms with Gasteiger partial charge in [-0.15, -0.1) is 0 Å². The van der Waals surface area contributed by atoms with E-state index in [-0.39, 0.29) is 11.9 Å². The average molecular weight is 304 g/mol. The zero-order chi connectivity index (χ0) is 15.4. The fourth-order valence-corrected chi connectivity index (χ4v) is 1.98. The molecule has 0 atom stereocenters. The minimum Gasteiger partial charge on any atom is -0.457 e. The van der Waals surface area contributed by atoms with Crippen molar-refractivity contribution in [2.45, 2.75) is 26.8 Å². The van der Waals surface area contributed by atoms with Gasteiger partial charge in [0.15, 0.2) is 0 Å². The standard InChI is InChI=1S/C17H18ClNO2/c1-11(2)19-17(20)13-5-4-6-14(10-13)21-15-7-8-16(18)12(3)9-15/h4-11H,1-3H3,(H,19,20). The maximum Gasteiger partial charge on any atom is 0.251 e. The first-order chi connectivity index (χ1) is 9.95. The van der Waals surface area contributed by atoms with E-state index in [1.54, 1.807) is 30.3 Å². The van der Waals surface area contributed by atoms with Gasteiger partial charge in [0.2, 0.25) is 0 Å². The van der Waals surface area contributed by atoms with E-state index < -0.39 is 0 Å². The second kappa shape index (κ2) is 6.64. The topological polar surface area (TPSA) is 38.3 Å². The van der Waals surface area contributed by atoms with Crippen LogP contribution < -0.4 is 10.1 Å². The van der Waals surface area contributed by atoms with Gasteiger partial charge in [0.05, 0.1) is 0 Å². The summed E-state index contributed by atoms with van der Waals surface area (Å²) in [5, 5.41) is 3.56. The molecule has 2 aromatic carbocycles. The molecule has 1 N–H and O–H groups in total. The predicted molar refractivity (Wildman–Crippen MR) is 85.3 cm³/mol. The van der Waals surface area contributed by atoms with Crippen molar-refractivity contribution in [3.63, 3.8) is 0 Å². The number of benzene rings is 2. The van der Waals surface area contributed by atoms with Crippen LogP contribution in [0.4, 0.5) is 0 Å². The summed E-state index contributed by atoms with van der Waals surface area (Å²) in [4.78, 5) is 12.0. The molecule has 0 bridgehead atoms. The third-order valence-corrected chi connectivity index (χ3v) is 3.31. The SMILES string of the molecule is Cc1cc(Oc2cccc(C(=O)NC(C)C)c2)ccc1Cl. The molecule has 0 aliphatic rings. The van der Waals surface area contributed by atoms with Crippen LogP contribution in [-0.2, 0) is 0 Å². The number of rotatable bonds is 4.